The zero-order valence-electron chi connectivity index (χ0n) is 20.8. The molecule has 37 heavy (non-hydrogen) atoms. The molecule has 1 aromatic heterocycles. The molecular weight excluding hydrogens is 518 g/mol. The summed E-state index contributed by atoms with van der Waals surface area (Å²) < 4.78 is 61.5. The molecule has 3 aromatic rings. The van der Waals surface area contributed by atoms with Crippen LogP contribution in [0.2, 0.25) is 0 Å². The lowest BCUT2D eigenvalue weighted by molar-refractivity contribution is -0.121. The van der Waals surface area contributed by atoms with Crippen molar-refractivity contribution in [3.8, 4) is 0 Å². The van der Waals surface area contributed by atoms with Crippen molar-refractivity contribution in [1.29, 1.82) is 0 Å². The third-order valence-corrected chi connectivity index (χ3v) is 9.57. The molecule has 4 rings (SSSR count). The van der Waals surface area contributed by atoms with E-state index in [2.05, 4.69) is 15.0 Å². The van der Waals surface area contributed by atoms with Crippen LogP contribution in [-0.4, -0.2) is 76.0 Å². The molecule has 0 unspecified atom stereocenters. The van der Waals surface area contributed by atoms with Gasteiger partial charge in [-0.25, -0.2) is 26.5 Å². The van der Waals surface area contributed by atoms with E-state index in [-0.39, 0.29) is 35.2 Å². The number of imidazole rings is 1. The van der Waals surface area contributed by atoms with Crippen LogP contribution in [0.4, 0.5) is 0 Å². The molecule has 1 saturated heterocycles. The van der Waals surface area contributed by atoms with Crippen molar-refractivity contribution in [1.82, 2.24) is 23.9 Å². The van der Waals surface area contributed by atoms with Gasteiger partial charge in [-0.3, -0.25) is 4.79 Å². The minimum atomic E-state index is -3.64. The number of amides is 1. The topological polar surface area (TPSA) is 140 Å². The first-order valence-electron chi connectivity index (χ1n) is 11.9. The van der Waals surface area contributed by atoms with Crippen LogP contribution in [0.25, 0.3) is 11.0 Å². The van der Waals surface area contributed by atoms with Gasteiger partial charge in [-0.15, -0.1) is 0 Å². The van der Waals surface area contributed by atoms with Gasteiger partial charge in [-0.1, -0.05) is 17.7 Å². The molecule has 1 aliphatic rings. The maximum atomic E-state index is 13.0. The molecule has 0 radical (unpaired) electrons. The predicted octanol–water partition coefficient (Wildman–Crippen LogP) is 0.930. The summed E-state index contributed by atoms with van der Waals surface area (Å²) in [6.07, 6.45) is 0.498. The summed E-state index contributed by atoms with van der Waals surface area (Å²) in [4.78, 5) is 17.2. The monoisotopic (exact) mass is 549 g/mol. The number of benzene rings is 2. The number of nitrogens with one attached hydrogen (secondary N) is 2. The molecule has 13 heteroatoms. The van der Waals surface area contributed by atoms with Crippen LogP contribution in [0.15, 0.2) is 52.3 Å². The summed E-state index contributed by atoms with van der Waals surface area (Å²) in [5, 5.41) is 2.71. The van der Waals surface area contributed by atoms with E-state index in [1.54, 1.807) is 30.3 Å². The number of hydrogen-bond acceptors (Lipinski definition) is 7. The Bertz CT molecular complexity index is 1480. The smallest absolute Gasteiger partial charge is 0.243 e. The fourth-order valence-corrected chi connectivity index (χ4v) is 6.51. The molecule has 0 atom stereocenters. The Morgan fingerprint density at radius 1 is 1.00 bits per heavy atom. The summed E-state index contributed by atoms with van der Waals surface area (Å²) in [5.74, 6) is 0.406. The van der Waals surface area contributed by atoms with Crippen LogP contribution in [0.1, 0.15) is 17.8 Å². The highest BCUT2D eigenvalue weighted by molar-refractivity contribution is 7.89. The summed E-state index contributed by atoms with van der Waals surface area (Å²) >= 11 is 0. The lowest BCUT2D eigenvalue weighted by atomic mass is 10.2. The van der Waals surface area contributed by atoms with Gasteiger partial charge in [0.25, 0.3) is 0 Å². The maximum Gasteiger partial charge on any atom is 0.243 e. The van der Waals surface area contributed by atoms with E-state index in [1.165, 1.54) is 16.4 Å². The third-order valence-electron chi connectivity index (χ3n) is 6.20. The van der Waals surface area contributed by atoms with E-state index in [0.29, 0.717) is 44.1 Å². The Morgan fingerprint density at radius 2 is 1.68 bits per heavy atom. The fraction of sp³-hybridized carbons (Fsp3) is 0.417. The normalized spacial score (nSPS) is 15.2. The second-order valence-corrected chi connectivity index (χ2v) is 12.5. The molecule has 200 valence electrons. The first-order valence-corrected chi connectivity index (χ1v) is 14.9. The summed E-state index contributed by atoms with van der Waals surface area (Å²) in [6, 6.07) is 11.4. The van der Waals surface area contributed by atoms with E-state index in [9.17, 15) is 21.6 Å². The van der Waals surface area contributed by atoms with E-state index in [4.69, 9.17) is 4.74 Å². The van der Waals surface area contributed by atoms with Gasteiger partial charge in [0.15, 0.2) is 0 Å². The number of carbonyl (C=O) groups excluding carboxylic acids is 1. The number of fused-ring (bicyclic) bond motifs is 1. The number of carbonyl (C=O) groups is 1. The van der Waals surface area contributed by atoms with Crippen molar-refractivity contribution < 1.29 is 26.4 Å². The van der Waals surface area contributed by atoms with E-state index >= 15 is 0 Å². The number of aromatic nitrogens is 2. The molecular formula is C24H31N5O6S2. The number of nitrogens with zero attached hydrogens (tertiary/aromatic N) is 3. The fourth-order valence-electron chi connectivity index (χ4n) is 4.05. The van der Waals surface area contributed by atoms with E-state index < -0.39 is 20.0 Å². The highest BCUT2D eigenvalue weighted by atomic mass is 32.2. The van der Waals surface area contributed by atoms with Crippen LogP contribution in [-0.2, 0) is 43.0 Å². The largest absolute Gasteiger partial charge is 0.379 e. The van der Waals surface area contributed by atoms with Crippen molar-refractivity contribution in [3.05, 3.63) is 53.9 Å². The van der Waals surface area contributed by atoms with Crippen LogP contribution in [0, 0.1) is 6.92 Å². The molecule has 1 fully saturated rings. The van der Waals surface area contributed by atoms with Gasteiger partial charge in [0.1, 0.15) is 5.82 Å². The summed E-state index contributed by atoms with van der Waals surface area (Å²) in [7, 11) is -5.46. The van der Waals surface area contributed by atoms with Crippen molar-refractivity contribution in [3.63, 3.8) is 0 Å². The van der Waals surface area contributed by atoms with Crippen molar-refractivity contribution in [2.24, 2.45) is 7.05 Å². The standard InChI is InChI=1S/C24H31N5O6S2/c1-18-3-5-19(6-4-18)36(31,32)26-12-11-25-24(30)10-9-23-27-21-17-20(7-8-22(21)28(23)2)37(33,34)29-13-15-35-16-14-29/h3-8,17,26H,9-16H2,1-2H3,(H,25,30). The highest BCUT2D eigenvalue weighted by Gasteiger charge is 2.27. The number of rotatable bonds is 10. The van der Waals surface area contributed by atoms with Gasteiger partial charge in [-0.2, -0.15) is 4.31 Å². The first kappa shape index (κ1) is 27.2. The summed E-state index contributed by atoms with van der Waals surface area (Å²) in [6.45, 7) is 3.46. The molecule has 0 aliphatic carbocycles. The van der Waals surface area contributed by atoms with Gasteiger partial charge in [0, 0.05) is 46.1 Å². The number of aryl methyl sites for hydroxylation is 3. The zero-order valence-corrected chi connectivity index (χ0v) is 22.4. The third kappa shape index (κ3) is 6.36. The molecule has 1 amide bonds. The lowest BCUT2D eigenvalue weighted by Crippen LogP contribution is -2.40. The second kappa shape index (κ2) is 11.3. The average Bonchev–Trinajstić information content (AvgIpc) is 3.21. The van der Waals surface area contributed by atoms with Gasteiger partial charge >= 0.3 is 0 Å². The number of sulfonamides is 2. The van der Waals surface area contributed by atoms with Crippen molar-refractivity contribution in [2.45, 2.75) is 29.6 Å². The van der Waals surface area contributed by atoms with Gasteiger partial charge in [0.2, 0.25) is 26.0 Å². The molecule has 0 spiro atoms. The molecule has 11 nitrogen and oxygen atoms in total. The van der Waals surface area contributed by atoms with Crippen LogP contribution in [0.5, 0.6) is 0 Å². The number of hydrogen-bond donors (Lipinski definition) is 2. The Balaban J connectivity index is 1.31. The molecule has 0 saturated carbocycles. The maximum absolute atomic E-state index is 13.0. The van der Waals surface area contributed by atoms with Gasteiger partial charge < -0.3 is 14.6 Å². The Morgan fingerprint density at radius 3 is 2.38 bits per heavy atom. The first-order chi connectivity index (χ1) is 17.6. The number of morpholine rings is 1. The summed E-state index contributed by atoms with van der Waals surface area (Å²) in [5.41, 5.74) is 2.27. The molecule has 1 aliphatic heterocycles. The minimum Gasteiger partial charge on any atom is -0.379 e. The van der Waals surface area contributed by atoms with Gasteiger partial charge in [0.05, 0.1) is 34.0 Å². The molecule has 2 heterocycles. The Labute approximate surface area is 216 Å². The van der Waals surface area contributed by atoms with Crippen LogP contribution >= 0.6 is 0 Å². The second-order valence-electron chi connectivity index (χ2n) is 8.81. The minimum absolute atomic E-state index is 0.0641. The van der Waals surface area contributed by atoms with Crippen LogP contribution in [0.3, 0.4) is 0 Å². The molecule has 0 bridgehead atoms. The zero-order chi connectivity index (χ0) is 26.6. The quantitative estimate of drug-likeness (QED) is 0.359. The predicted molar refractivity (Wildman–Crippen MR) is 138 cm³/mol. The molecule has 2 aromatic carbocycles. The number of ether oxygens (including phenoxy) is 1. The van der Waals surface area contributed by atoms with Crippen molar-refractivity contribution >= 4 is 37.0 Å². The SMILES string of the molecule is Cc1ccc(S(=O)(=O)NCCNC(=O)CCc2nc3cc(S(=O)(=O)N4CCOCC4)ccc3n2C)cc1. The average molecular weight is 550 g/mol. The van der Waals surface area contributed by atoms with Crippen LogP contribution < -0.4 is 10.0 Å². The van der Waals surface area contributed by atoms with Gasteiger partial charge in [-0.05, 0) is 37.3 Å². The van der Waals surface area contributed by atoms with E-state index in [0.717, 1.165) is 11.1 Å². The highest BCUT2D eigenvalue weighted by Crippen LogP contribution is 2.23. The van der Waals surface area contributed by atoms with Crippen molar-refractivity contribution in [2.75, 3.05) is 39.4 Å². The Kier molecular flexibility index (Phi) is 8.29. The van der Waals surface area contributed by atoms with E-state index in [1.807, 2.05) is 18.5 Å². The Hall–Kier alpha value is -2.84. The lowest BCUT2D eigenvalue weighted by Gasteiger charge is -2.26. The molecule has 2 N–H and O–H groups in total.